The summed E-state index contributed by atoms with van der Waals surface area (Å²) >= 11 is 0.362. The SMILES string of the molecule is CN1CCOC2(C1)C[N+](=C1C=CC(S(=O)(=O)N[C@@H]3CCNC3)=C(SO)C1=C1N=NN=N1)C2. The number of sulfonamides is 1. The van der Waals surface area contributed by atoms with Gasteiger partial charge in [0.25, 0.3) is 0 Å². The average Bonchev–Trinajstić information content (AvgIpc) is 3.44. The number of nitrogens with zero attached hydrogens (tertiary/aromatic N) is 6. The number of allylic oxidation sites excluding steroid dienone is 3. The van der Waals surface area contributed by atoms with Gasteiger partial charge in [-0.2, -0.15) is 0 Å². The zero-order valence-corrected chi connectivity index (χ0v) is 19.2. The van der Waals surface area contributed by atoms with Crippen molar-refractivity contribution in [3.05, 3.63) is 33.4 Å². The van der Waals surface area contributed by atoms with E-state index in [4.69, 9.17) is 4.74 Å². The molecule has 1 atom stereocenters. The molecule has 4 aliphatic heterocycles. The van der Waals surface area contributed by atoms with E-state index in [1.54, 1.807) is 6.08 Å². The first kappa shape index (κ1) is 22.0. The fraction of sp³-hybridized carbons (Fsp3) is 0.611. The molecule has 1 aliphatic carbocycles. The molecule has 5 rings (SSSR count). The molecule has 0 bridgehead atoms. The van der Waals surface area contributed by atoms with E-state index < -0.39 is 10.0 Å². The number of morpholine rings is 1. The Morgan fingerprint density at radius 2 is 2.12 bits per heavy atom. The molecule has 14 heteroatoms. The van der Waals surface area contributed by atoms with Crippen molar-refractivity contribution in [2.45, 2.75) is 18.1 Å². The number of nitrogens with one attached hydrogen (secondary N) is 2. The van der Waals surface area contributed by atoms with E-state index in [-0.39, 0.29) is 27.3 Å². The van der Waals surface area contributed by atoms with Crippen LogP contribution in [-0.4, -0.2) is 92.7 Å². The number of hydrogen-bond acceptors (Lipinski definition) is 11. The Morgan fingerprint density at radius 3 is 2.78 bits per heavy atom. The third-order valence-corrected chi connectivity index (χ3v) is 8.44. The van der Waals surface area contributed by atoms with Crippen molar-refractivity contribution in [3.8, 4) is 0 Å². The normalized spacial score (nSPS) is 30.9. The molecular weight excluding hydrogens is 456 g/mol. The molecule has 12 nitrogen and oxygen atoms in total. The number of ether oxygens (including phenoxy) is 1. The van der Waals surface area contributed by atoms with Crippen molar-refractivity contribution in [2.24, 2.45) is 20.7 Å². The average molecular weight is 482 g/mol. The zero-order chi connectivity index (χ0) is 22.3. The Bertz CT molecular complexity index is 1080. The second kappa shape index (κ2) is 8.52. The lowest BCUT2D eigenvalue weighted by molar-refractivity contribution is -0.634. The minimum atomic E-state index is -3.88. The third kappa shape index (κ3) is 4.00. The van der Waals surface area contributed by atoms with Crippen LogP contribution in [0.4, 0.5) is 0 Å². The molecule has 0 aromatic carbocycles. The van der Waals surface area contributed by atoms with Crippen LogP contribution in [0.2, 0.25) is 0 Å². The smallest absolute Gasteiger partial charge is 0.242 e. The molecule has 0 saturated carbocycles. The van der Waals surface area contributed by atoms with Crippen molar-refractivity contribution >= 4 is 27.8 Å². The highest BCUT2D eigenvalue weighted by atomic mass is 32.2. The summed E-state index contributed by atoms with van der Waals surface area (Å²) in [7, 11) is -1.81. The molecule has 0 aromatic heterocycles. The van der Waals surface area contributed by atoms with Gasteiger partial charge in [-0.1, -0.05) is 0 Å². The fourth-order valence-electron chi connectivity index (χ4n) is 4.66. The van der Waals surface area contributed by atoms with E-state index in [0.717, 1.165) is 19.6 Å². The van der Waals surface area contributed by atoms with E-state index in [9.17, 15) is 13.0 Å². The van der Waals surface area contributed by atoms with Crippen LogP contribution in [0.1, 0.15) is 6.42 Å². The molecule has 4 heterocycles. The first-order valence-electron chi connectivity index (χ1n) is 10.4. The highest BCUT2D eigenvalue weighted by Gasteiger charge is 2.54. The van der Waals surface area contributed by atoms with E-state index in [1.807, 2.05) is 0 Å². The van der Waals surface area contributed by atoms with E-state index >= 15 is 0 Å². The molecule has 172 valence electrons. The summed E-state index contributed by atoms with van der Waals surface area (Å²) in [6.07, 6.45) is 3.95. The van der Waals surface area contributed by atoms with Crippen LogP contribution in [0.15, 0.2) is 54.0 Å². The van der Waals surface area contributed by atoms with E-state index in [2.05, 4.69) is 47.2 Å². The molecule has 5 aliphatic rings. The summed E-state index contributed by atoms with van der Waals surface area (Å²) in [5.41, 5.74) is 0.844. The van der Waals surface area contributed by atoms with Gasteiger partial charge in [0.2, 0.25) is 21.6 Å². The molecule has 3 saturated heterocycles. The van der Waals surface area contributed by atoms with Crippen LogP contribution in [0.25, 0.3) is 0 Å². The van der Waals surface area contributed by atoms with Crippen LogP contribution >= 0.6 is 12.0 Å². The number of hydrogen-bond donors (Lipinski definition) is 3. The second-order valence-corrected chi connectivity index (χ2v) is 10.8. The van der Waals surface area contributed by atoms with Gasteiger partial charge in [-0.25, -0.2) is 17.7 Å². The highest BCUT2D eigenvalue weighted by Crippen LogP contribution is 2.38. The lowest BCUT2D eigenvalue weighted by Crippen LogP contribution is -2.67. The maximum absolute atomic E-state index is 13.2. The van der Waals surface area contributed by atoms with Gasteiger partial charge in [0, 0.05) is 43.8 Å². The predicted molar refractivity (Wildman–Crippen MR) is 118 cm³/mol. The van der Waals surface area contributed by atoms with Crippen molar-refractivity contribution in [2.75, 3.05) is 52.9 Å². The molecule has 0 amide bonds. The third-order valence-electron chi connectivity index (χ3n) is 6.14. The molecule has 3 fully saturated rings. The molecule has 0 aromatic rings. The molecule has 32 heavy (non-hydrogen) atoms. The Kier molecular flexibility index (Phi) is 5.86. The maximum atomic E-state index is 13.2. The number of likely N-dealkylation sites (N-methyl/N-ethyl adjacent to an activating group) is 1. The van der Waals surface area contributed by atoms with Crippen LogP contribution in [0.5, 0.6) is 0 Å². The maximum Gasteiger partial charge on any atom is 0.242 e. The van der Waals surface area contributed by atoms with Crippen molar-refractivity contribution in [1.82, 2.24) is 14.9 Å². The van der Waals surface area contributed by atoms with Gasteiger partial charge in [0.05, 0.1) is 16.4 Å². The molecule has 1 spiro atoms. The summed E-state index contributed by atoms with van der Waals surface area (Å²) in [5, 5.41) is 18.2. The summed E-state index contributed by atoms with van der Waals surface area (Å²) in [6, 6.07) is -0.200. The lowest BCUT2D eigenvalue weighted by Gasteiger charge is -2.44. The minimum absolute atomic E-state index is 0.0238. The van der Waals surface area contributed by atoms with Gasteiger partial charge in [0.1, 0.15) is 5.57 Å². The van der Waals surface area contributed by atoms with E-state index in [1.165, 1.54) is 6.08 Å². The zero-order valence-electron chi connectivity index (χ0n) is 17.6. The van der Waals surface area contributed by atoms with Gasteiger partial charge >= 0.3 is 0 Å². The van der Waals surface area contributed by atoms with Gasteiger partial charge < -0.3 is 19.5 Å². The summed E-state index contributed by atoms with van der Waals surface area (Å²) in [6.45, 7) is 4.99. The Labute approximate surface area is 190 Å². The molecule has 0 unspecified atom stereocenters. The Hall–Kier alpha value is -1.81. The van der Waals surface area contributed by atoms with E-state index in [0.29, 0.717) is 56.0 Å². The van der Waals surface area contributed by atoms with Crippen molar-refractivity contribution in [3.63, 3.8) is 0 Å². The monoisotopic (exact) mass is 481 g/mol. The van der Waals surface area contributed by atoms with Crippen LogP contribution < -0.4 is 10.0 Å². The fourth-order valence-corrected chi connectivity index (χ4v) is 6.91. The molecule has 0 radical (unpaired) electrons. The lowest BCUT2D eigenvalue weighted by atomic mass is 9.91. The van der Waals surface area contributed by atoms with Gasteiger partial charge in [0.15, 0.2) is 18.7 Å². The molecular formula is C18H25N8O4S2+. The quantitative estimate of drug-likeness (QED) is 0.391. The van der Waals surface area contributed by atoms with Gasteiger partial charge in [-0.05, 0) is 36.5 Å². The van der Waals surface area contributed by atoms with Gasteiger partial charge in [-0.15, -0.1) is 10.2 Å². The van der Waals surface area contributed by atoms with Crippen LogP contribution in [0, 0.1) is 0 Å². The summed E-state index contributed by atoms with van der Waals surface area (Å²) in [4.78, 5) is 2.37. The Balaban J connectivity index is 1.52. The molecule has 3 N–H and O–H groups in total. The minimum Gasteiger partial charge on any atom is -0.360 e. The van der Waals surface area contributed by atoms with Crippen molar-refractivity contribution < 1.29 is 22.3 Å². The number of rotatable bonds is 4. The standard InChI is InChI=1S/C18H24N8O4S2/c1-25-6-7-30-18(9-25)10-26(11-18)13-2-3-14(32(28,29)22-12-4-5-19-8-12)16(31-27)15(13)17-20-23-24-21-17/h2-3,12,19,22H,4-11H2,1H3/p+1/t12-/m1/s1. The topological polar surface area (TPSA) is 143 Å². The second-order valence-electron chi connectivity index (χ2n) is 8.52. The first-order chi connectivity index (χ1) is 15.4. The van der Waals surface area contributed by atoms with Crippen LogP contribution in [-0.2, 0) is 14.8 Å². The largest absolute Gasteiger partial charge is 0.360 e. The first-order valence-corrected chi connectivity index (χ1v) is 12.6. The van der Waals surface area contributed by atoms with Gasteiger partial charge in [-0.3, -0.25) is 0 Å². The summed E-state index contributed by atoms with van der Waals surface area (Å²) in [5.74, 6) is 0.166. The van der Waals surface area contributed by atoms with Crippen molar-refractivity contribution in [1.29, 1.82) is 0 Å². The predicted octanol–water partition coefficient (Wildman–Crippen LogP) is 0.468. The highest BCUT2D eigenvalue weighted by molar-refractivity contribution is 8.00. The summed E-state index contributed by atoms with van der Waals surface area (Å²) < 4.78 is 47.3. The van der Waals surface area contributed by atoms with Crippen LogP contribution in [0.3, 0.4) is 0 Å². The Morgan fingerprint density at radius 1 is 1.34 bits per heavy atom.